The number of hydrogen-bond acceptors (Lipinski definition) is 3. The molecule has 0 bridgehead atoms. The zero-order valence-corrected chi connectivity index (χ0v) is 12.1. The number of ether oxygens (including phenoxy) is 1. The smallest absolute Gasteiger partial charge is 0.152 e. The first-order valence-corrected chi connectivity index (χ1v) is 7.22. The third-order valence-electron chi connectivity index (χ3n) is 3.86. The lowest BCUT2D eigenvalue weighted by Crippen LogP contribution is -2.46. The molecular formula is C16H18F2N2O. The fourth-order valence-electron chi connectivity index (χ4n) is 2.91. The number of halogens is 2. The Bertz CT molecular complexity index is 662. The molecule has 0 spiro atoms. The van der Waals surface area contributed by atoms with Gasteiger partial charge in [-0.05, 0) is 25.5 Å². The van der Waals surface area contributed by atoms with E-state index in [2.05, 4.69) is 16.8 Å². The zero-order chi connectivity index (χ0) is 15.0. The quantitative estimate of drug-likeness (QED) is 0.847. The largest absolute Gasteiger partial charge is 0.372 e. The van der Waals surface area contributed by atoms with E-state index in [9.17, 15) is 8.78 Å². The molecule has 2 atom stereocenters. The molecule has 2 unspecified atom stereocenters. The average Bonchev–Trinajstić information content (AvgIpc) is 2.45. The van der Waals surface area contributed by atoms with Crippen LogP contribution < -0.4 is 4.90 Å². The summed E-state index contributed by atoms with van der Waals surface area (Å²) in [4.78, 5) is 6.17. The normalized spacial score (nSPS) is 22.8. The summed E-state index contributed by atoms with van der Waals surface area (Å²) < 4.78 is 33.3. The summed E-state index contributed by atoms with van der Waals surface area (Å²) in [6.45, 7) is 5.51. The van der Waals surface area contributed by atoms with Crippen LogP contribution in [0.3, 0.4) is 0 Å². The molecule has 2 heterocycles. The molecule has 0 radical (unpaired) electrons. The summed E-state index contributed by atoms with van der Waals surface area (Å²) in [6.07, 6.45) is 2.70. The van der Waals surface area contributed by atoms with E-state index in [1.165, 1.54) is 6.07 Å². The number of pyridine rings is 1. The van der Waals surface area contributed by atoms with Crippen LogP contribution in [0.5, 0.6) is 0 Å². The van der Waals surface area contributed by atoms with Gasteiger partial charge in [-0.25, -0.2) is 8.78 Å². The van der Waals surface area contributed by atoms with Crippen molar-refractivity contribution in [1.82, 2.24) is 4.98 Å². The second kappa shape index (κ2) is 5.56. The molecule has 2 aromatic rings. The van der Waals surface area contributed by atoms with E-state index in [1.807, 2.05) is 13.0 Å². The monoisotopic (exact) mass is 292 g/mol. The highest BCUT2D eigenvalue weighted by Crippen LogP contribution is 2.30. The number of benzene rings is 1. The van der Waals surface area contributed by atoms with Crippen molar-refractivity contribution in [2.45, 2.75) is 32.5 Å². The molecule has 1 aliphatic heterocycles. The van der Waals surface area contributed by atoms with Crippen molar-refractivity contribution in [3.05, 3.63) is 36.0 Å². The second-order valence-corrected chi connectivity index (χ2v) is 5.50. The van der Waals surface area contributed by atoms with Crippen LogP contribution in [-0.2, 0) is 4.74 Å². The van der Waals surface area contributed by atoms with Crippen LogP contribution >= 0.6 is 0 Å². The Hall–Kier alpha value is -1.75. The van der Waals surface area contributed by atoms with E-state index < -0.39 is 11.6 Å². The van der Waals surface area contributed by atoms with Gasteiger partial charge in [0.25, 0.3) is 0 Å². The van der Waals surface area contributed by atoms with Crippen LogP contribution in [0, 0.1) is 11.6 Å². The topological polar surface area (TPSA) is 25.4 Å². The standard InChI is InChI=1S/C16H18F2N2O/c1-3-12-9-20(8-10(2)21-12)15-4-5-19-16-13(15)6-11(17)7-14(16)18/h4-7,10,12H,3,8-9H2,1-2H3. The van der Waals surface area contributed by atoms with Crippen molar-refractivity contribution in [3.8, 4) is 0 Å². The minimum Gasteiger partial charge on any atom is -0.372 e. The van der Waals surface area contributed by atoms with Crippen molar-refractivity contribution in [3.63, 3.8) is 0 Å². The summed E-state index contributed by atoms with van der Waals surface area (Å²) in [5.41, 5.74) is 1.02. The third kappa shape index (κ3) is 2.70. The van der Waals surface area contributed by atoms with Crippen LogP contribution in [0.1, 0.15) is 20.3 Å². The first kappa shape index (κ1) is 14.2. The van der Waals surface area contributed by atoms with Gasteiger partial charge in [0.05, 0.1) is 12.2 Å². The lowest BCUT2D eigenvalue weighted by Gasteiger charge is -2.38. The molecule has 0 amide bonds. The van der Waals surface area contributed by atoms with Crippen molar-refractivity contribution in [2.75, 3.05) is 18.0 Å². The number of nitrogens with zero attached hydrogens (tertiary/aromatic N) is 2. The Morgan fingerprint density at radius 1 is 1.33 bits per heavy atom. The van der Waals surface area contributed by atoms with Gasteiger partial charge in [-0.2, -0.15) is 0 Å². The van der Waals surface area contributed by atoms with Crippen molar-refractivity contribution in [1.29, 1.82) is 0 Å². The Labute approximate surface area is 122 Å². The molecule has 112 valence electrons. The number of fused-ring (bicyclic) bond motifs is 1. The van der Waals surface area contributed by atoms with Crippen LogP contribution in [0.25, 0.3) is 10.9 Å². The Morgan fingerprint density at radius 2 is 2.14 bits per heavy atom. The van der Waals surface area contributed by atoms with Gasteiger partial charge in [-0.3, -0.25) is 4.98 Å². The van der Waals surface area contributed by atoms with Crippen molar-refractivity contribution >= 4 is 16.6 Å². The fraction of sp³-hybridized carbons (Fsp3) is 0.438. The van der Waals surface area contributed by atoms with Gasteiger partial charge in [0, 0.05) is 36.4 Å². The maximum Gasteiger partial charge on any atom is 0.152 e. The molecular weight excluding hydrogens is 274 g/mol. The molecule has 0 aliphatic carbocycles. The predicted molar refractivity (Wildman–Crippen MR) is 78.5 cm³/mol. The van der Waals surface area contributed by atoms with Gasteiger partial charge < -0.3 is 9.64 Å². The molecule has 1 aromatic carbocycles. The molecule has 1 aliphatic rings. The zero-order valence-electron chi connectivity index (χ0n) is 12.1. The number of anilines is 1. The highest BCUT2D eigenvalue weighted by molar-refractivity contribution is 5.92. The van der Waals surface area contributed by atoms with Gasteiger partial charge in [0.1, 0.15) is 11.3 Å². The highest BCUT2D eigenvalue weighted by atomic mass is 19.1. The van der Waals surface area contributed by atoms with E-state index in [0.29, 0.717) is 11.9 Å². The Balaban J connectivity index is 2.07. The van der Waals surface area contributed by atoms with Crippen LogP contribution in [0.2, 0.25) is 0 Å². The number of aromatic nitrogens is 1. The minimum absolute atomic E-state index is 0.0883. The average molecular weight is 292 g/mol. The van der Waals surface area contributed by atoms with E-state index >= 15 is 0 Å². The molecule has 1 aromatic heterocycles. The summed E-state index contributed by atoms with van der Waals surface area (Å²) >= 11 is 0. The minimum atomic E-state index is -0.625. The SMILES string of the molecule is CCC1CN(c2ccnc3c(F)cc(F)cc23)CC(C)O1. The van der Waals surface area contributed by atoms with E-state index in [1.54, 1.807) is 6.20 Å². The molecule has 1 fully saturated rings. The van der Waals surface area contributed by atoms with Gasteiger partial charge in [0.15, 0.2) is 5.82 Å². The summed E-state index contributed by atoms with van der Waals surface area (Å²) in [6, 6.07) is 4.03. The maximum absolute atomic E-state index is 13.9. The Kier molecular flexibility index (Phi) is 3.76. The van der Waals surface area contributed by atoms with Gasteiger partial charge in [-0.1, -0.05) is 6.92 Å². The molecule has 0 saturated carbocycles. The van der Waals surface area contributed by atoms with Crippen molar-refractivity contribution in [2.24, 2.45) is 0 Å². The summed E-state index contributed by atoms with van der Waals surface area (Å²) in [5.74, 6) is -1.21. The van der Waals surface area contributed by atoms with Crippen LogP contribution in [0.4, 0.5) is 14.5 Å². The molecule has 1 saturated heterocycles. The van der Waals surface area contributed by atoms with Gasteiger partial charge >= 0.3 is 0 Å². The second-order valence-electron chi connectivity index (χ2n) is 5.50. The first-order chi connectivity index (χ1) is 10.1. The fourth-order valence-corrected chi connectivity index (χ4v) is 2.91. The number of rotatable bonds is 2. The molecule has 3 nitrogen and oxygen atoms in total. The third-order valence-corrected chi connectivity index (χ3v) is 3.86. The van der Waals surface area contributed by atoms with Crippen LogP contribution in [-0.4, -0.2) is 30.3 Å². The summed E-state index contributed by atoms with van der Waals surface area (Å²) in [7, 11) is 0. The lowest BCUT2D eigenvalue weighted by molar-refractivity contribution is -0.0171. The van der Waals surface area contributed by atoms with Crippen LogP contribution in [0.15, 0.2) is 24.4 Å². The lowest BCUT2D eigenvalue weighted by atomic mass is 10.1. The predicted octanol–water partition coefficient (Wildman–Crippen LogP) is 3.52. The van der Waals surface area contributed by atoms with E-state index in [-0.39, 0.29) is 17.7 Å². The van der Waals surface area contributed by atoms with Crippen molar-refractivity contribution < 1.29 is 13.5 Å². The number of morpholine rings is 1. The summed E-state index contributed by atoms with van der Waals surface area (Å²) in [5, 5.41) is 0.513. The van der Waals surface area contributed by atoms with E-state index in [4.69, 9.17) is 4.74 Å². The van der Waals surface area contributed by atoms with Gasteiger partial charge in [-0.15, -0.1) is 0 Å². The Morgan fingerprint density at radius 3 is 2.90 bits per heavy atom. The molecule has 21 heavy (non-hydrogen) atoms. The maximum atomic E-state index is 13.9. The number of hydrogen-bond donors (Lipinski definition) is 0. The molecule has 0 N–H and O–H groups in total. The molecule has 3 rings (SSSR count). The van der Waals surface area contributed by atoms with E-state index in [0.717, 1.165) is 24.7 Å². The first-order valence-electron chi connectivity index (χ1n) is 7.22. The molecule has 5 heteroatoms. The van der Waals surface area contributed by atoms with Gasteiger partial charge in [0.2, 0.25) is 0 Å². The highest BCUT2D eigenvalue weighted by Gasteiger charge is 2.25.